The second-order valence-electron chi connectivity index (χ2n) is 5.75. The van der Waals surface area contributed by atoms with Gasteiger partial charge >= 0.3 is 6.18 Å². The highest BCUT2D eigenvalue weighted by atomic mass is 19.4. The van der Waals surface area contributed by atoms with E-state index in [1.165, 1.54) is 26.1 Å². The fraction of sp³-hybridized carbons (Fsp3) is 0.250. The van der Waals surface area contributed by atoms with Crippen LogP contribution >= 0.6 is 0 Å². The molecule has 0 amide bonds. The van der Waals surface area contributed by atoms with Crippen LogP contribution in [-0.4, -0.2) is 30.9 Å². The van der Waals surface area contributed by atoms with E-state index in [-0.39, 0.29) is 17.6 Å². The first-order chi connectivity index (χ1) is 13.0. The zero-order chi connectivity index (χ0) is 21.5. The molecule has 0 aliphatic heterocycles. The molecule has 1 aromatic rings. The Labute approximate surface area is 159 Å². The topological polar surface area (TPSA) is 53.3 Å². The summed E-state index contributed by atoms with van der Waals surface area (Å²) < 4.78 is 64.8. The average molecular weight is 396 g/mol. The zero-order valence-corrected chi connectivity index (χ0v) is 15.1. The maximum Gasteiger partial charge on any atom is 0.429 e. The van der Waals surface area contributed by atoms with E-state index in [1.807, 2.05) is 0 Å². The third kappa shape index (κ3) is 6.27. The number of benzene rings is 1. The van der Waals surface area contributed by atoms with Crippen molar-refractivity contribution in [3.8, 4) is 12.3 Å². The number of halogens is 5. The summed E-state index contributed by atoms with van der Waals surface area (Å²) in [6.07, 6.45) is 3.36. The Bertz CT molecular complexity index is 889. The first-order valence-electron chi connectivity index (χ1n) is 7.90. The molecule has 1 atom stereocenters. The van der Waals surface area contributed by atoms with E-state index < -0.39 is 35.2 Å². The smallest absolute Gasteiger partial charge is 0.300 e. The molecule has 0 heterocycles. The van der Waals surface area contributed by atoms with E-state index in [2.05, 4.69) is 10.9 Å². The molecule has 1 N–H and O–H groups in total. The number of terminal acetylenes is 1. The van der Waals surface area contributed by atoms with Crippen LogP contribution in [-0.2, 0) is 4.79 Å². The molecule has 148 valence electrons. The minimum atomic E-state index is -4.98. The van der Waals surface area contributed by atoms with Crippen molar-refractivity contribution in [1.29, 1.82) is 5.41 Å². The van der Waals surface area contributed by atoms with Gasteiger partial charge in [0.25, 0.3) is 0 Å². The summed E-state index contributed by atoms with van der Waals surface area (Å²) in [7, 11) is 1.19. The number of rotatable bonds is 7. The van der Waals surface area contributed by atoms with Gasteiger partial charge in [0.15, 0.2) is 17.4 Å². The number of hydrogen-bond donors (Lipinski definition) is 1. The summed E-state index contributed by atoms with van der Waals surface area (Å²) in [5.41, 5.74) is -0.890. The first-order valence-corrected chi connectivity index (χ1v) is 7.90. The highest BCUT2D eigenvalue weighted by Gasteiger charge is 2.41. The van der Waals surface area contributed by atoms with Gasteiger partial charge in [0.1, 0.15) is 11.6 Å². The largest absolute Gasteiger partial charge is 0.429 e. The molecule has 0 fully saturated rings. The second kappa shape index (κ2) is 9.74. The van der Waals surface area contributed by atoms with Crippen molar-refractivity contribution in [2.75, 3.05) is 7.05 Å². The van der Waals surface area contributed by atoms with Gasteiger partial charge < -0.3 is 0 Å². The van der Waals surface area contributed by atoms with Crippen LogP contribution in [0.5, 0.6) is 0 Å². The van der Waals surface area contributed by atoms with Crippen LogP contribution in [0.4, 0.5) is 22.0 Å². The average Bonchev–Trinajstić information content (AvgIpc) is 2.60. The molecule has 0 aliphatic rings. The number of aliphatic imine (C=N–C) groups is 1. The van der Waals surface area contributed by atoms with E-state index in [1.54, 1.807) is 0 Å². The molecule has 1 aromatic carbocycles. The van der Waals surface area contributed by atoms with Gasteiger partial charge in [-0.2, -0.15) is 13.2 Å². The van der Waals surface area contributed by atoms with Gasteiger partial charge in [-0.15, -0.1) is 12.3 Å². The number of carbonyl (C=O) groups excluding carboxylic acids is 1. The normalized spacial score (nSPS) is 14.1. The highest BCUT2D eigenvalue weighted by Crippen LogP contribution is 2.24. The fourth-order valence-electron chi connectivity index (χ4n) is 2.23. The van der Waals surface area contributed by atoms with Crippen LogP contribution in [0, 0.1) is 35.3 Å². The molecular weight excluding hydrogens is 379 g/mol. The lowest BCUT2D eigenvalue weighted by Crippen LogP contribution is -2.35. The van der Waals surface area contributed by atoms with Gasteiger partial charge in [-0.1, -0.05) is 12.1 Å². The standard InChI is InChI=1S/C20H17F5N2O/c1-4-5-14(9-13-6-7-16(21)17(22)10-13)12(2)8-18(28)15(11-27-3)19(26)20(23,24)25/h1,6-11,15,26H,5H2,2-3H3/b12-8?,14-9+,26-19?,27-11?. The predicted octanol–water partition coefficient (Wildman–Crippen LogP) is 4.79. The molecule has 0 saturated heterocycles. The number of nitrogens with zero attached hydrogens (tertiary/aromatic N) is 1. The minimum absolute atomic E-state index is 0.00212. The number of carbonyl (C=O) groups is 1. The number of ketones is 1. The van der Waals surface area contributed by atoms with Gasteiger partial charge in [-0.05, 0) is 41.8 Å². The molecule has 0 saturated carbocycles. The molecule has 3 nitrogen and oxygen atoms in total. The summed E-state index contributed by atoms with van der Waals surface area (Å²) in [6.45, 7) is 1.44. The quantitative estimate of drug-likeness (QED) is 0.233. The fourth-order valence-corrected chi connectivity index (χ4v) is 2.23. The lowest BCUT2D eigenvalue weighted by atomic mass is 9.94. The number of nitrogens with one attached hydrogen (secondary N) is 1. The highest BCUT2D eigenvalue weighted by molar-refractivity contribution is 6.20. The van der Waals surface area contributed by atoms with Crippen LogP contribution in [0.3, 0.4) is 0 Å². The van der Waals surface area contributed by atoms with Crippen molar-refractivity contribution in [3.63, 3.8) is 0 Å². The molecule has 0 spiro atoms. The summed E-state index contributed by atoms with van der Waals surface area (Å²) in [6, 6.07) is 3.13. The lowest BCUT2D eigenvalue weighted by Gasteiger charge is -2.14. The van der Waals surface area contributed by atoms with Crippen LogP contribution in [0.15, 0.2) is 40.4 Å². The Hall–Kier alpha value is -3.08. The van der Waals surface area contributed by atoms with Gasteiger partial charge in [-0.3, -0.25) is 15.2 Å². The number of allylic oxidation sites excluding steroid dienone is 3. The molecule has 1 rings (SSSR count). The molecule has 0 bridgehead atoms. The Morgan fingerprint density at radius 1 is 1.32 bits per heavy atom. The maximum atomic E-state index is 13.4. The van der Waals surface area contributed by atoms with E-state index in [9.17, 15) is 26.7 Å². The Morgan fingerprint density at radius 2 is 1.96 bits per heavy atom. The van der Waals surface area contributed by atoms with Crippen molar-refractivity contribution >= 4 is 23.8 Å². The van der Waals surface area contributed by atoms with Crippen LogP contribution in [0.1, 0.15) is 18.9 Å². The predicted molar refractivity (Wildman–Crippen MR) is 98.2 cm³/mol. The first kappa shape index (κ1) is 23.0. The Morgan fingerprint density at radius 3 is 2.46 bits per heavy atom. The second-order valence-corrected chi connectivity index (χ2v) is 5.75. The minimum Gasteiger partial charge on any atom is -0.300 e. The van der Waals surface area contributed by atoms with Gasteiger partial charge in [-0.25, -0.2) is 8.78 Å². The molecule has 1 unspecified atom stereocenters. The van der Waals surface area contributed by atoms with E-state index >= 15 is 0 Å². The maximum absolute atomic E-state index is 13.4. The number of hydrogen-bond acceptors (Lipinski definition) is 3. The van der Waals surface area contributed by atoms with Gasteiger partial charge in [0, 0.05) is 19.7 Å². The van der Waals surface area contributed by atoms with Crippen molar-refractivity contribution in [2.24, 2.45) is 10.9 Å². The molecule has 0 aromatic heterocycles. The van der Waals surface area contributed by atoms with Crippen LogP contribution < -0.4 is 0 Å². The molecule has 0 radical (unpaired) electrons. The molecule has 28 heavy (non-hydrogen) atoms. The molecule has 0 aliphatic carbocycles. The third-order valence-electron chi connectivity index (χ3n) is 3.66. The van der Waals surface area contributed by atoms with Gasteiger partial charge in [0.2, 0.25) is 0 Å². The Kier molecular flexibility index (Phi) is 7.99. The summed E-state index contributed by atoms with van der Waals surface area (Å²) >= 11 is 0. The van der Waals surface area contributed by atoms with Crippen molar-refractivity contribution < 1.29 is 26.7 Å². The van der Waals surface area contributed by atoms with Crippen molar-refractivity contribution in [2.45, 2.75) is 19.5 Å². The molecule has 8 heteroatoms. The monoisotopic (exact) mass is 396 g/mol. The van der Waals surface area contributed by atoms with Crippen LogP contribution in [0.25, 0.3) is 6.08 Å². The molecular formula is C20H17F5N2O. The van der Waals surface area contributed by atoms with E-state index in [4.69, 9.17) is 11.8 Å². The third-order valence-corrected chi connectivity index (χ3v) is 3.66. The number of alkyl halides is 3. The van der Waals surface area contributed by atoms with Gasteiger partial charge in [0.05, 0.1) is 0 Å². The lowest BCUT2D eigenvalue weighted by molar-refractivity contribution is -0.116. The van der Waals surface area contributed by atoms with Crippen LogP contribution in [0.2, 0.25) is 0 Å². The van der Waals surface area contributed by atoms with Crippen molar-refractivity contribution in [1.82, 2.24) is 0 Å². The summed E-state index contributed by atoms with van der Waals surface area (Å²) in [5.74, 6) is -2.68. The zero-order valence-electron chi connectivity index (χ0n) is 15.1. The van der Waals surface area contributed by atoms with E-state index in [0.717, 1.165) is 24.4 Å². The Balaban J connectivity index is 3.28. The SMILES string of the molecule is C#CC/C(=C\c1ccc(F)c(F)c1)C(C)=CC(=O)C(C=NC)C(=N)C(F)(F)F. The van der Waals surface area contributed by atoms with Crippen molar-refractivity contribution in [3.05, 3.63) is 52.6 Å². The van der Waals surface area contributed by atoms with E-state index in [0.29, 0.717) is 5.57 Å². The summed E-state index contributed by atoms with van der Waals surface area (Å²) in [4.78, 5) is 15.7. The summed E-state index contributed by atoms with van der Waals surface area (Å²) in [5, 5.41) is 7.20.